The molecule has 0 heterocycles. The van der Waals surface area contributed by atoms with E-state index in [0.29, 0.717) is 5.56 Å². The summed E-state index contributed by atoms with van der Waals surface area (Å²) >= 11 is 0. The average molecular weight is 322 g/mol. The van der Waals surface area contributed by atoms with Crippen LogP contribution in [0, 0.1) is 0 Å². The third-order valence-electron chi connectivity index (χ3n) is 4.46. The summed E-state index contributed by atoms with van der Waals surface area (Å²) in [4.78, 5) is 24.6. The first-order chi connectivity index (χ1) is 11.6. The molecule has 2 N–H and O–H groups in total. The van der Waals surface area contributed by atoms with Gasteiger partial charge in [-0.15, -0.1) is 0 Å². The zero-order chi connectivity index (χ0) is 16.9. The number of hydrogen-bond acceptors (Lipinski definition) is 2. The van der Waals surface area contributed by atoms with E-state index < -0.39 is 6.04 Å². The molecule has 2 amide bonds. The monoisotopic (exact) mass is 322 g/mol. The zero-order valence-corrected chi connectivity index (χ0v) is 13.8. The molecule has 1 aliphatic carbocycles. The van der Waals surface area contributed by atoms with Gasteiger partial charge in [-0.2, -0.15) is 0 Å². The Kier molecular flexibility index (Phi) is 4.94. The molecule has 0 aliphatic heterocycles. The number of aryl methyl sites for hydroxylation is 1. The minimum atomic E-state index is -0.577. The van der Waals surface area contributed by atoms with Crippen LogP contribution in [-0.4, -0.2) is 17.9 Å². The predicted octanol–water partition coefficient (Wildman–Crippen LogP) is 3.00. The molecule has 24 heavy (non-hydrogen) atoms. The molecule has 4 heteroatoms. The van der Waals surface area contributed by atoms with E-state index in [9.17, 15) is 9.59 Å². The van der Waals surface area contributed by atoms with E-state index in [1.807, 2.05) is 18.2 Å². The maximum Gasteiger partial charge on any atom is 0.251 e. The SMILES string of the molecule is C[C@@H](NC(=O)c1ccccc1)C(=O)N[C@@H]1CCCc2ccccc21. The molecule has 124 valence electrons. The molecule has 2 aromatic rings. The molecule has 0 saturated heterocycles. The van der Waals surface area contributed by atoms with Crippen LogP contribution in [0.4, 0.5) is 0 Å². The molecule has 0 aromatic heterocycles. The van der Waals surface area contributed by atoms with Gasteiger partial charge in [0, 0.05) is 5.56 Å². The lowest BCUT2D eigenvalue weighted by atomic mass is 9.87. The van der Waals surface area contributed by atoms with Crippen LogP contribution >= 0.6 is 0 Å². The normalized spacial score (nSPS) is 17.5. The second-order valence-corrected chi connectivity index (χ2v) is 6.21. The number of benzene rings is 2. The summed E-state index contributed by atoms with van der Waals surface area (Å²) in [5.74, 6) is -0.386. The van der Waals surface area contributed by atoms with Crippen LogP contribution in [0.25, 0.3) is 0 Å². The quantitative estimate of drug-likeness (QED) is 0.909. The van der Waals surface area contributed by atoms with Gasteiger partial charge in [0.05, 0.1) is 6.04 Å². The Balaban J connectivity index is 1.62. The lowest BCUT2D eigenvalue weighted by Crippen LogP contribution is -2.46. The van der Waals surface area contributed by atoms with Gasteiger partial charge in [0.2, 0.25) is 5.91 Å². The molecule has 0 unspecified atom stereocenters. The number of rotatable bonds is 4. The maximum atomic E-state index is 12.5. The Bertz CT molecular complexity index is 727. The molecule has 4 nitrogen and oxygen atoms in total. The molecular weight excluding hydrogens is 300 g/mol. The van der Waals surface area contributed by atoms with Gasteiger partial charge in [-0.1, -0.05) is 42.5 Å². The second kappa shape index (κ2) is 7.30. The minimum Gasteiger partial charge on any atom is -0.348 e. The second-order valence-electron chi connectivity index (χ2n) is 6.21. The van der Waals surface area contributed by atoms with Gasteiger partial charge in [-0.05, 0) is 49.4 Å². The minimum absolute atomic E-state index is 0.0264. The summed E-state index contributed by atoms with van der Waals surface area (Å²) in [7, 11) is 0. The number of amides is 2. The highest BCUT2D eigenvalue weighted by atomic mass is 16.2. The van der Waals surface area contributed by atoms with Crippen LogP contribution in [0.2, 0.25) is 0 Å². The van der Waals surface area contributed by atoms with Crippen molar-refractivity contribution in [2.75, 3.05) is 0 Å². The summed E-state index contributed by atoms with van der Waals surface area (Å²) < 4.78 is 0. The lowest BCUT2D eigenvalue weighted by Gasteiger charge is -2.27. The fourth-order valence-electron chi connectivity index (χ4n) is 3.14. The van der Waals surface area contributed by atoms with Crippen molar-refractivity contribution in [1.29, 1.82) is 0 Å². The highest BCUT2D eigenvalue weighted by molar-refractivity contribution is 5.97. The number of fused-ring (bicyclic) bond motifs is 1. The molecule has 2 aromatic carbocycles. The summed E-state index contributed by atoms with van der Waals surface area (Å²) in [6, 6.07) is 16.6. The van der Waals surface area contributed by atoms with E-state index in [1.54, 1.807) is 31.2 Å². The van der Waals surface area contributed by atoms with E-state index >= 15 is 0 Å². The van der Waals surface area contributed by atoms with Crippen LogP contribution in [-0.2, 0) is 11.2 Å². The van der Waals surface area contributed by atoms with Crippen molar-refractivity contribution < 1.29 is 9.59 Å². The Morgan fingerprint density at radius 1 is 1.04 bits per heavy atom. The summed E-state index contributed by atoms with van der Waals surface area (Å²) in [5.41, 5.74) is 3.05. The molecule has 2 atom stereocenters. The van der Waals surface area contributed by atoms with Gasteiger partial charge < -0.3 is 10.6 Å². The van der Waals surface area contributed by atoms with Crippen LogP contribution in [0.3, 0.4) is 0 Å². The third-order valence-corrected chi connectivity index (χ3v) is 4.46. The van der Waals surface area contributed by atoms with E-state index in [0.717, 1.165) is 19.3 Å². The van der Waals surface area contributed by atoms with E-state index in [-0.39, 0.29) is 17.9 Å². The Hall–Kier alpha value is -2.62. The molecule has 0 fully saturated rings. The summed E-state index contributed by atoms with van der Waals surface area (Å²) in [6.07, 6.45) is 3.05. The van der Waals surface area contributed by atoms with Crippen molar-refractivity contribution in [2.45, 2.75) is 38.3 Å². The number of nitrogens with one attached hydrogen (secondary N) is 2. The van der Waals surface area contributed by atoms with Gasteiger partial charge in [0.25, 0.3) is 5.91 Å². The van der Waals surface area contributed by atoms with Gasteiger partial charge in [-0.25, -0.2) is 0 Å². The Morgan fingerprint density at radius 3 is 2.54 bits per heavy atom. The number of carbonyl (C=O) groups is 2. The van der Waals surface area contributed by atoms with Crippen molar-refractivity contribution >= 4 is 11.8 Å². The van der Waals surface area contributed by atoms with Gasteiger partial charge >= 0.3 is 0 Å². The molecule has 1 aliphatic rings. The molecular formula is C20H22N2O2. The van der Waals surface area contributed by atoms with Gasteiger partial charge in [-0.3, -0.25) is 9.59 Å². The van der Waals surface area contributed by atoms with Crippen molar-refractivity contribution in [3.63, 3.8) is 0 Å². The zero-order valence-electron chi connectivity index (χ0n) is 13.8. The fraction of sp³-hybridized carbons (Fsp3) is 0.300. The highest BCUT2D eigenvalue weighted by Crippen LogP contribution is 2.29. The number of hydrogen-bond donors (Lipinski definition) is 2. The molecule has 0 saturated carbocycles. The number of carbonyl (C=O) groups excluding carboxylic acids is 2. The van der Waals surface area contributed by atoms with Crippen LogP contribution in [0.15, 0.2) is 54.6 Å². The topological polar surface area (TPSA) is 58.2 Å². The fourth-order valence-corrected chi connectivity index (χ4v) is 3.14. The largest absolute Gasteiger partial charge is 0.348 e. The molecule has 0 radical (unpaired) electrons. The third kappa shape index (κ3) is 3.65. The molecule has 3 rings (SSSR count). The first kappa shape index (κ1) is 16.2. The van der Waals surface area contributed by atoms with Crippen molar-refractivity contribution in [3.05, 3.63) is 71.3 Å². The smallest absolute Gasteiger partial charge is 0.251 e. The predicted molar refractivity (Wildman–Crippen MR) is 93.6 cm³/mol. The van der Waals surface area contributed by atoms with E-state index in [2.05, 4.69) is 22.8 Å². The van der Waals surface area contributed by atoms with E-state index in [1.165, 1.54) is 11.1 Å². The van der Waals surface area contributed by atoms with Crippen molar-refractivity contribution in [3.8, 4) is 0 Å². The Labute approximate surface area is 142 Å². The highest BCUT2D eigenvalue weighted by Gasteiger charge is 2.24. The van der Waals surface area contributed by atoms with Crippen molar-refractivity contribution in [1.82, 2.24) is 10.6 Å². The summed E-state index contributed by atoms with van der Waals surface area (Å²) in [5, 5.41) is 5.84. The maximum absolute atomic E-state index is 12.5. The van der Waals surface area contributed by atoms with Gasteiger partial charge in [0.15, 0.2) is 0 Å². The van der Waals surface area contributed by atoms with Crippen molar-refractivity contribution in [2.24, 2.45) is 0 Å². The molecule has 0 bridgehead atoms. The van der Waals surface area contributed by atoms with E-state index in [4.69, 9.17) is 0 Å². The van der Waals surface area contributed by atoms with Crippen LogP contribution < -0.4 is 10.6 Å². The van der Waals surface area contributed by atoms with Crippen LogP contribution in [0.5, 0.6) is 0 Å². The lowest BCUT2D eigenvalue weighted by molar-refractivity contribution is -0.123. The molecule has 0 spiro atoms. The summed E-state index contributed by atoms with van der Waals surface area (Å²) in [6.45, 7) is 1.71. The average Bonchev–Trinajstić information content (AvgIpc) is 2.62. The first-order valence-corrected chi connectivity index (χ1v) is 8.39. The standard InChI is InChI=1S/C20H22N2O2/c1-14(21-20(24)16-9-3-2-4-10-16)19(23)22-18-13-7-11-15-8-5-6-12-17(15)18/h2-6,8-10,12,14,18H,7,11,13H2,1H3,(H,21,24)(H,22,23)/t14-,18-/m1/s1. The van der Waals surface area contributed by atoms with Crippen LogP contribution in [0.1, 0.15) is 47.3 Å². The van der Waals surface area contributed by atoms with Gasteiger partial charge in [0.1, 0.15) is 6.04 Å². The Morgan fingerprint density at radius 2 is 1.75 bits per heavy atom. The first-order valence-electron chi connectivity index (χ1n) is 8.39.